The second kappa shape index (κ2) is 64.9. The third kappa shape index (κ3) is 53.7. The predicted molar refractivity (Wildman–Crippen MR) is 366 cm³/mol. The molecular formula is C76H139NO10. The van der Waals surface area contributed by atoms with E-state index in [0.29, 0.717) is 19.4 Å². The molecule has 0 aromatic carbocycles. The lowest BCUT2D eigenvalue weighted by Gasteiger charge is -2.40. The second-order valence-electron chi connectivity index (χ2n) is 25.6. The summed E-state index contributed by atoms with van der Waals surface area (Å²) in [7, 11) is 0. The highest BCUT2D eigenvalue weighted by Gasteiger charge is 2.44. The normalized spacial score (nSPS) is 18.2. The molecule has 6 N–H and O–H groups in total. The van der Waals surface area contributed by atoms with Crippen LogP contribution < -0.4 is 5.32 Å². The number of hydrogen-bond acceptors (Lipinski definition) is 10. The summed E-state index contributed by atoms with van der Waals surface area (Å²) in [6.07, 6.45) is 76.5. The molecule has 508 valence electrons. The molecule has 1 aliphatic rings. The largest absolute Gasteiger partial charge is 0.466 e. The Labute approximate surface area is 535 Å². The van der Waals surface area contributed by atoms with Crippen molar-refractivity contribution in [3.05, 3.63) is 60.8 Å². The maximum Gasteiger partial charge on any atom is 0.305 e. The number of amides is 1. The van der Waals surface area contributed by atoms with E-state index in [-0.39, 0.29) is 18.5 Å². The molecule has 7 atom stereocenters. The Balaban J connectivity index is 1.96. The van der Waals surface area contributed by atoms with Crippen LogP contribution in [-0.2, 0) is 23.8 Å². The Bertz CT molecular complexity index is 1630. The Hall–Kier alpha value is -2.64. The number of esters is 1. The fourth-order valence-corrected chi connectivity index (χ4v) is 11.5. The smallest absolute Gasteiger partial charge is 0.305 e. The molecular weight excluding hydrogens is 1090 g/mol. The van der Waals surface area contributed by atoms with Crippen LogP contribution in [0.5, 0.6) is 0 Å². The fourth-order valence-electron chi connectivity index (χ4n) is 11.5. The van der Waals surface area contributed by atoms with Crippen LogP contribution in [0.25, 0.3) is 0 Å². The van der Waals surface area contributed by atoms with Crippen molar-refractivity contribution in [2.24, 2.45) is 0 Å². The van der Waals surface area contributed by atoms with Gasteiger partial charge in [-0.05, 0) is 89.9 Å². The van der Waals surface area contributed by atoms with E-state index >= 15 is 0 Å². The molecule has 11 heteroatoms. The standard InChI is InChI=1S/C76H139NO10/c1-3-5-7-9-11-13-15-38-42-46-50-54-58-62-69(79)68(67-86-76-75(84)74(83)73(82)70(66-78)87-76)77-71(80)63-59-55-51-47-43-40-36-34-32-30-28-26-24-22-20-18-17-19-21-23-25-27-29-31-33-35-37-41-45-49-53-57-61-65-85-72(81)64-60-56-52-48-44-39-16-14-12-10-8-6-4-2/h8,10,14,16,21,23,27,29,58,62,68-70,73-76,78-79,82-84H,3-7,9,11-13,15,17-20,22,24-26,28,30-57,59-61,63-67H2,1-2H3,(H,77,80)/b10-8-,16-14-,23-21-,29-27-,62-58+. The maximum atomic E-state index is 13.1. The van der Waals surface area contributed by atoms with Crippen LogP contribution in [0.15, 0.2) is 60.8 Å². The fraction of sp³-hybridized carbons (Fsp3) is 0.842. The van der Waals surface area contributed by atoms with Crippen LogP contribution in [0.3, 0.4) is 0 Å². The van der Waals surface area contributed by atoms with Gasteiger partial charge >= 0.3 is 5.97 Å². The number of carbonyl (C=O) groups is 2. The monoisotopic (exact) mass is 1230 g/mol. The predicted octanol–water partition coefficient (Wildman–Crippen LogP) is 19.3. The molecule has 11 nitrogen and oxygen atoms in total. The summed E-state index contributed by atoms with van der Waals surface area (Å²) in [5.74, 6) is -0.187. The van der Waals surface area contributed by atoms with Gasteiger partial charge in [-0.15, -0.1) is 0 Å². The summed E-state index contributed by atoms with van der Waals surface area (Å²) in [5.41, 5.74) is 0. The molecule has 0 aromatic rings. The van der Waals surface area contributed by atoms with Gasteiger partial charge in [0.05, 0.1) is 32.0 Å². The van der Waals surface area contributed by atoms with Crippen LogP contribution in [0.4, 0.5) is 0 Å². The highest BCUT2D eigenvalue weighted by molar-refractivity contribution is 5.76. The van der Waals surface area contributed by atoms with Gasteiger partial charge in [0.2, 0.25) is 5.91 Å². The van der Waals surface area contributed by atoms with E-state index < -0.39 is 49.5 Å². The number of aliphatic hydroxyl groups excluding tert-OH is 5. The molecule has 0 saturated carbocycles. The van der Waals surface area contributed by atoms with E-state index in [9.17, 15) is 35.1 Å². The van der Waals surface area contributed by atoms with E-state index in [2.05, 4.69) is 67.8 Å². The van der Waals surface area contributed by atoms with Gasteiger partial charge in [-0.1, -0.05) is 306 Å². The lowest BCUT2D eigenvalue weighted by atomic mass is 9.99. The number of nitrogens with one attached hydrogen (secondary N) is 1. The first-order chi connectivity index (χ1) is 42.7. The summed E-state index contributed by atoms with van der Waals surface area (Å²) in [6.45, 7) is 4.30. The minimum absolute atomic E-state index is 0.00867. The van der Waals surface area contributed by atoms with Crippen molar-refractivity contribution in [1.29, 1.82) is 0 Å². The minimum atomic E-state index is -1.57. The Kier molecular flexibility index (Phi) is 61.4. The molecule has 1 saturated heterocycles. The van der Waals surface area contributed by atoms with E-state index in [1.807, 2.05) is 6.08 Å². The summed E-state index contributed by atoms with van der Waals surface area (Å²) in [4.78, 5) is 25.1. The number of aliphatic hydroxyl groups is 5. The molecule has 1 aliphatic heterocycles. The van der Waals surface area contributed by atoms with Crippen molar-refractivity contribution in [1.82, 2.24) is 5.32 Å². The molecule has 0 radical (unpaired) electrons. The first kappa shape index (κ1) is 82.4. The molecule has 0 aliphatic carbocycles. The minimum Gasteiger partial charge on any atom is -0.466 e. The number of ether oxygens (including phenoxy) is 3. The number of unbranched alkanes of at least 4 members (excludes halogenated alkanes) is 43. The molecule has 1 rings (SSSR count). The Morgan fingerprint density at radius 3 is 1.21 bits per heavy atom. The molecule has 87 heavy (non-hydrogen) atoms. The highest BCUT2D eigenvalue weighted by atomic mass is 16.7. The van der Waals surface area contributed by atoms with Crippen molar-refractivity contribution in [3.8, 4) is 0 Å². The maximum absolute atomic E-state index is 13.1. The summed E-state index contributed by atoms with van der Waals surface area (Å²) in [6, 6.07) is -0.809. The second-order valence-corrected chi connectivity index (χ2v) is 25.6. The molecule has 0 spiro atoms. The van der Waals surface area contributed by atoms with Gasteiger partial charge < -0.3 is 45.1 Å². The van der Waals surface area contributed by atoms with E-state index in [4.69, 9.17) is 14.2 Å². The average molecular weight is 1230 g/mol. The third-order valence-electron chi connectivity index (χ3n) is 17.3. The Morgan fingerprint density at radius 1 is 0.425 bits per heavy atom. The van der Waals surface area contributed by atoms with Crippen LogP contribution >= 0.6 is 0 Å². The summed E-state index contributed by atoms with van der Waals surface area (Å²) < 4.78 is 16.7. The van der Waals surface area contributed by atoms with E-state index in [0.717, 1.165) is 70.6 Å². The van der Waals surface area contributed by atoms with Crippen LogP contribution in [-0.4, -0.2) is 100 Å². The zero-order valence-electron chi connectivity index (χ0n) is 56.5. The first-order valence-corrected chi connectivity index (χ1v) is 37.1. The SMILES string of the molecule is CCC/C=C\C/C=C\CCCCCCCC(=O)OCCCCCCCCCCC/C=C\C/C=C\CCCCCCCCCCCCCCCCCCCC(=O)NC(COC1OC(CO)C(O)C(O)C1O)C(O)/C=C/CCCCCCCCCCCCC. The average Bonchev–Trinajstić information content (AvgIpc) is 2.19. The topological polar surface area (TPSA) is 175 Å². The number of allylic oxidation sites excluding steroid dienone is 9. The zero-order chi connectivity index (χ0) is 63.0. The van der Waals surface area contributed by atoms with Crippen molar-refractivity contribution in [2.45, 2.75) is 391 Å². The first-order valence-electron chi connectivity index (χ1n) is 37.1. The third-order valence-corrected chi connectivity index (χ3v) is 17.3. The molecule has 7 unspecified atom stereocenters. The Morgan fingerprint density at radius 2 is 0.793 bits per heavy atom. The number of carbonyl (C=O) groups excluding carboxylic acids is 2. The van der Waals surface area contributed by atoms with Crippen molar-refractivity contribution >= 4 is 11.9 Å². The van der Waals surface area contributed by atoms with Crippen LogP contribution in [0.2, 0.25) is 0 Å². The van der Waals surface area contributed by atoms with Gasteiger partial charge in [0, 0.05) is 12.8 Å². The summed E-state index contributed by atoms with van der Waals surface area (Å²) in [5, 5.41) is 54.5. The van der Waals surface area contributed by atoms with Crippen molar-refractivity contribution < 1.29 is 49.3 Å². The zero-order valence-corrected chi connectivity index (χ0v) is 56.5. The molecule has 1 heterocycles. The molecule has 1 amide bonds. The summed E-state index contributed by atoms with van der Waals surface area (Å²) >= 11 is 0. The van der Waals surface area contributed by atoms with Gasteiger partial charge in [-0.2, -0.15) is 0 Å². The quantitative estimate of drug-likeness (QED) is 0.0195. The molecule has 0 aromatic heterocycles. The van der Waals surface area contributed by atoms with Crippen LogP contribution in [0, 0.1) is 0 Å². The lowest BCUT2D eigenvalue weighted by Crippen LogP contribution is -2.60. The van der Waals surface area contributed by atoms with Gasteiger partial charge in [-0.3, -0.25) is 9.59 Å². The molecule has 1 fully saturated rings. The number of hydrogen-bond donors (Lipinski definition) is 6. The van der Waals surface area contributed by atoms with Gasteiger partial charge in [0.15, 0.2) is 6.29 Å². The lowest BCUT2D eigenvalue weighted by molar-refractivity contribution is -0.302. The van der Waals surface area contributed by atoms with Crippen molar-refractivity contribution in [2.75, 3.05) is 19.8 Å². The highest BCUT2D eigenvalue weighted by Crippen LogP contribution is 2.23. The number of rotatable bonds is 65. The van der Waals surface area contributed by atoms with Crippen molar-refractivity contribution in [3.63, 3.8) is 0 Å². The molecule has 0 bridgehead atoms. The van der Waals surface area contributed by atoms with E-state index in [1.54, 1.807) is 6.08 Å². The van der Waals surface area contributed by atoms with Gasteiger partial charge in [0.1, 0.15) is 24.4 Å². The van der Waals surface area contributed by atoms with E-state index in [1.165, 1.54) is 250 Å². The van der Waals surface area contributed by atoms with Gasteiger partial charge in [-0.25, -0.2) is 0 Å². The van der Waals surface area contributed by atoms with Crippen LogP contribution in [0.1, 0.15) is 348 Å². The van der Waals surface area contributed by atoms with Gasteiger partial charge in [0.25, 0.3) is 0 Å².